The summed E-state index contributed by atoms with van der Waals surface area (Å²) in [7, 11) is 3.47. The molecule has 0 aliphatic carbocycles. The Bertz CT molecular complexity index is 732. The van der Waals surface area contributed by atoms with Crippen molar-refractivity contribution in [2.24, 2.45) is 7.05 Å². The predicted molar refractivity (Wildman–Crippen MR) is 96.5 cm³/mol. The Balaban J connectivity index is 1.70. The average molecular weight is 330 g/mol. The van der Waals surface area contributed by atoms with Gasteiger partial charge in [-0.1, -0.05) is 6.42 Å². The van der Waals surface area contributed by atoms with Gasteiger partial charge in [0.05, 0.1) is 18.3 Å². The first-order chi connectivity index (χ1) is 11.6. The lowest BCUT2D eigenvalue weighted by atomic mass is 10.1. The molecule has 0 saturated carbocycles. The second-order valence-electron chi connectivity index (χ2n) is 6.36. The minimum absolute atomic E-state index is 0.0657. The molecule has 0 spiro atoms. The minimum Gasteiger partial charge on any atom is -0.495 e. The smallest absolute Gasteiger partial charge is 0.267 e. The topological polar surface area (TPSA) is 72.5 Å². The summed E-state index contributed by atoms with van der Waals surface area (Å²) >= 11 is 0. The van der Waals surface area contributed by atoms with E-state index in [1.54, 1.807) is 7.11 Å². The molecule has 1 fully saturated rings. The Morgan fingerprint density at radius 1 is 1.29 bits per heavy atom. The van der Waals surface area contributed by atoms with Crippen LogP contribution in [0.1, 0.15) is 29.8 Å². The van der Waals surface area contributed by atoms with Crippen LogP contribution in [0.5, 0.6) is 5.75 Å². The highest BCUT2D eigenvalue weighted by Gasteiger charge is 2.17. The Kier molecular flexibility index (Phi) is 4.94. The number of rotatable bonds is 5. The van der Waals surface area contributed by atoms with Gasteiger partial charge in [0.1, 0.15) is 11.4 Å². The van der Waals surface area contributed by atoms with Crippen molar-refractivity contribution in [2.45, 2.75) is 19.3 Å². The maximum atomic E-state index is 12.5. The van der Waals surface area contributed by atoms with Crippen LogP contribution >= 0.6 is 0 Å². The van der Waals surface area contributed by atoms with Crippen molar-refractivity contribution in [1.29, 1.82) is 0 Å². The van der Waals surface area contributed by atoms with E-state index in [0.29, 0.717) is 23.7 Å². The van der Waals surface area contributed by atoms with Crippen molar-refractivity contribution in [3.05, 3.63) is 23.9 Å². The van der Waals surface area contributed by atoms with E-state index in [4.69, 9.17) is 10.5 Å². The zero-order valence-corrected chi connectivity index (χ0v) is 14.5. The van der Waals surface area contributed by atoms with Gasteiger partial charge in [0.25, 0.3) is 5.91 Å². The fourth-order valence-corrected chi connectivity index (χ4v) is 3.41. The third-order valence-corrected chi connectivity index (χ3v) is 4.84. The first-order valence-corrected chi connectivity index (χ1v) is 8.54. The van der Waals surface area contributed by atoms with E-state index in [1.165, 1.54) is 19.3 Å². The Labute approximate surface area is 142 Å². The highest BCUT2D eigenvalue weighted by atomic mass is 16.5. The summed E-state index contributed by atoms with van der Waals surface area (Å²) in [6.07, 6.45) is 3.85. The van der Waals surface area contributed by atoms with Gasteiger partial charge in [0, 0.05) is 25.5 Å². The molecule has 1 aliphatic rings. The largest absolute Gasteiger partial charge is 0.495 e. The number of piperidine rings is 1. The standard InChI is InChI=1S/C18H26N4O2/c1-21-14-6-7-16(24-2)17(19)13(14)12-15(21)18(23)20-8-11-22-9-4-3-5-10-22/h6-7,12H,3-5,8-11,19H2,1-2H3,(H,20,23). The maximum Gasteiger partial charge on any atom is 0.267 e. The molecule has 0 radical (unpaired) electrons. The number of fused-ring (bicyclic) bond motifs is 1. The molecular formula is C18H26N4O2. The average Bonchev–Trinajstić information content (AvgIpc) is 2.94. The maximum absolute atomic E-state index is 12.5. The number of aromatic nitrogens is 1. The molecule has 1 aromatic carbocycles. The van der Waals surface area contributed by atoms with Gasteiger partial charge in [-0.2, -0.15) is 0 Å². The molecular weight excluding hydrogens is 304 g/mol. The van der Waals surface area contributed by atoms with Crippen molar-refractivity contribution in [3.8, 4) is 5.75 Å². The van der Waals surface area contributed by atoms with Crippen molar-refractivity contribution in [3.63, 3.8) is 0 Å². The molecule has 6 nitrogen and oxygen atoms in total. The first-order valence-electron chi connectivity index (χ1n) is 8.54. The number of hydrogen-bond acceptors (Lipinski definition) is 4. The fraction of sp³-hybridized carbons (Fsp3) is 0.500. The molecule has 0 unspecified atom stereocenters. The van der Waals surface area contributed by atoms with Crippen LogP contribution in [0.25, 0.3) is 10.9 Å². The molecule has 1 saturated heterocycles. The normalized spacial score (nSPS) is 15.6. The number of nitrogens with one attached hydrogen (secondary N) is 1. The molecule has 1 aliphatic heterocycles. The molecule has 3 N–H and O–H groups in total. The van der Waals surface area contributed by atoms with E-state index in [1.807, 2.05) is 29.8 Å². The molecule has 1 aromatic heterocycles. The monoisotopic (exact) mass is 330 g/mol. The summed E-state index contributed by atoms with van der Waals surface area (Å²) in [5.74, 6) is 0.564. The molecule has 1 amide bonds. The van der Waals surface area contributed by atoms with E-state index >= 15 is 0 Å². The zero-order chi connectivity index (χ0) is 17.1. The summed E-state index contributed by atoms with van der Waals surface area (Å²) in [5, 5.41) is 3.87. The van der Waals surface area contributed by atoms with E-state index in [0.717, 1.165) is 30.5 Å². The number of methoxy groups -OCH3 is 1. The predicted octanol–water partition coefficient (Wildman–Crippen LogP) is 1.98. The third kappa shape index (κ3) is 3.19. The summed E-state index contributed by atoms with van der Waals surface area (Å²) in [4.78, 5) is 14.9. The quantitative estimate of drug-likeness (QED) is 0.822. The van der Waals surface area contributed by atoms with Gasteiger partial charge >= 0.3 is 0 Å². The molecule has 130 valence electrons. The van der Waals surface area contributed by atoms with Gasteiger partial charge in [-0.25, -0.2) is 0 Å². The zero-order valence-electron chi connectivity index (χ0n) is 14.5. The number of aryl methyl sites for hydroxylation is 1. The van der Waals surface area contributed by atoms with Gasteiger partial charge in [-0.15, -0.1) is 0 Å². The lowest BCUT2D eigenvalue weighted by Gasteiger charge is -2.26. The summed E-state index contributed by atoms with van der Waals surface area (Å²) in [6.45, 7) is 3.85. The molecule has 2 heterocycles. The number of likely N-dealkylation sites (tertiary alicyclic amines) is 1. The highest BCUT2D eigenvalue weighted by molar-refractivity contribution is 6.03. The van der Waals surface area contributed by atoms with Crippen LogP contribution in [0, 0.1) is 0 Å². The number of carbonyl (C=O) groups is 1. The molecule has 2 aromatic rings. The Morgan fingerprint density at radius 3 is 2.75 bits per heavy atom. The molecule has 0 atom stereocenters. The van der Waals surface area contributed by atoms with Crippen molar-refractivity contribution >= 4 is 22.5 Å². The van der Waals surface area contributed by atoms with Crippen molar-refractivity contribution in [2.75, 3.05) is 39.0 Å². The summed E-state index contributed by atoms with van der Waals surface area (Å²) in [5.41, 5.74) is 8.24. The van der Waals surface area contributed by atoms with Crippen LogP contribution in [0.4, 0.5) is 5.69 Å². The second kappa shape index (κ2) is 7.13. The summed E-state index contributed by atoms with van der Waals surface area (Å²) < 4.78 is 7.13. The Morgan fingerprint density at radius 2 is 2.04 bits per heavy atom. The van der Waals surface area contributed by atoms with Gasteiger partial charge < -0.3 is 25.3 Å². The molecule has 3 rings (SSSR count). The number of nitrogens with two attached hydrogens (primary N) is 1. The van der Waals surface area contributed by atoms with Gasteiger partial charge in [-0.3, -0.25) is 4.79 Å². The second-order valence-corrected chi connectivity index (χ2v) is 6.36. The number of anilines is 1. The molecule has 0 bridgehead atoms. The SMILES string of the molecule is COc1ccc2c(cc(C(=O)NCCN3CCCCC3)n2C)c1N. The van der Waals surface area contributed by atoms with Gasteiger partial charge in [-0.05, 0) is 44.1 Å². The molecule has 24 heavy (non-hydrogen) atoms. The summed E-state index contributed by atoms with van der Waals surface area (Å²) in [6, 6.07) is 5.59. The fourth-order valence-electron chi connectivity index (χ4n) is 3.41. The van der Waals surface area contributed by atoms with Crippen LogP contribution < -0.4 is 15.8 Å². The van der Waals surface area contributed by atoms with Gasteiger partial charge in [0.2, 0.25) is 0 Å². The van der Waals surface area contributed by atoms with E-state index < -0.39 is 0 Å². The third-order valence-electron chi connectivity index (χ3n) is 4.84. The van der Waals surface area contributed by atoms with Crippen molar-refractivity contribution in [1.82, 2.24) is 14.8 Å². The van der Waals surface area contributed by atoms with Crippen LogP contribution in [0.2, 0.25) is 0 Å². The number of carbonyl (C=O) groups excluding carboxylic acids is 1. The van der Waals surface area contributed by atoms with Crippen LogP contribution in [-0.4, -0.2) is 48.7 Å². The lowest BCUT2D eigenvalue weighted by Crippen LogP contribution is -2.38. The van der Waals surface area contributed by atoms with E-state index in [9.17, 15) is 4.79 Å². The number of nitrogen functional groups attached to an aromatic ring is 1. The minimum atomic E-state index is -0.0657. The highest BCUT2D eigenvalue weighted by Crippen LogP contribution is 2.32. The van der Waals surface area contributed by atoms with Crippen LogP contribution in [0.15, 0.2) is 18.2 Å². The number of ether oxygens (including phenoxy) is 1. The lowest BCUT2D eigenvalue weighted by molar-refractivity contribution is 0.0939. The number of hydrogen-bond donors (Lipinski definition) is 2. The Hall–Kier alpha value is -2.21. The number of nitrogens with zero attached hydrogens (tertiary/aromatic N) is 2. The van der Waals surface area contributed by atoms with Crippen molar-refractivity contribution < 1.29 is 9.53 Å². The van der Waals surface area contributed by atoms with Gasteiger partial charge in [0.15, 0.2) is 0 Å². The molecule has 6 heteroatoms. The van der Waals surface area contributed by atoms with E-state index in [-0.39, 0.29) is 5.91 Å². The number of benzene rings is 1. The number of amides is 1. The van der Waals surface area contributed by atoms with Crippen LogP contribution in [0.3, 0.4) is 0 Å². The van der Waals surface area contributed by atoms with E-state index in [2.05, 4.69) is 10.2 Å². The first kappa shape index (κ1) is 16.6. The van der Waals surface area contributed by atoms with Crippen LogP contribution in [-0.2, 0) is 7.05 Å².